The fourth-order valence-corrected chi connectivity index (χ4v) is 4.11. The first-order valence-corrected chi connectivity index (χ1v) is 8.21. The summed E-state index contributed by atoms with van der Waals surface area (Å²) in [6.45, 7) is 4.70. The molecule has 4 aromatic carbocycles. The van der Waals surface area contributed by atoms with Gasteiger partial charge in [0.25, 0.3) is 0 Å². The Balaban J connectivity index is 1.92. The molecule has 0 fully saturated rings. The third-order valence-electron chi connectivity index (χ3n) is 5.41. The van der Waals surface area contributed by atoms with Crippen LogP contribution in [0.4, 0.5) is 0 Å². The highest BCUT2D eigenvalue weighted by molar-refractivity contribution is 5.97. The molecule has 0 atom stereocenters. The highest BCUT2D eigenvalue weighted by Gasteiger charge is 2.35. The molecule has 1 aliphatic carbocycles. The van der Waals surface area contributed by atoms with E-state index in [0.717, 1.165) is 0 Å². The van der Waals surface area contributed by atoms with E-state index in [2.05, 4.69) is 86.6 Å². The molecule has 0 aliphatic heterocycles. The molecule has 0 radical (unpaired) electrons. The largest absolute Gasteiger partial charge is 0.0616 e. The van der Waals surface area contributed by atoms with Crippen molar-refractivity contribution >= 4 is 21.5 Å². The van der Waals surface area contributed by atoms with E-state index in [1.165, 1.54) is 43.8 Å². The van der Waals surface area contributed by atoms with Crippen LogP contribution in [0.25, 0.3) is 32.7 Å². The first kappa shape index (κ1) is 12.9. The smallest absolute Gasteiger partial charge is 0.0159 e. The van der Waals surface area contributed by atoms with E-state index in [9.17, 15) is 0 Å². The van der Waals surface area contributed by atoms with Crippen molar-refractivity contribution < 1.29 is 0 Å². The summed E-state index contributed by atoms with van der Waals surface area (Å²) in [4.78, 5) is 0. The fraction of sp³-hybridized carbons (Fsp3) is 0.130. The predicted octanol–water partition coefficient (Wildman–Crippen LogP) is 6.30. The molecule has 5 rings (SSSR count). The quantitative estimate of drug-likeness (QED) is 0.357. The van der Waals surface area contributed by atoms with Crippen LogP contribution in [-0.2, 0) is 5.41 Å². The summed E-state index contributed by atoms with van der Waals surface area (Å²) in [5.41, 5.74) is 5.74. The molecular weight excluding hydrogens is 276 g/mol. The van der Waals surface area contributed by atoms with Crippen LogP contribution in [0.15, 0.2) is 72.8 Å². The molecule has 23 heavy (non-hydrogen) atoms. The Labute approximate surface area is 136 Å². The Kier molecular flexibility index (Phi) is 2.37. The number of benzene rings is 4. The summed E-state index contributed by atoms with van der Waals surface area (Å²) in [5, 5.41) is 5.31. The van der Waals surface area contributed by atoms with Gasteiger partial charge in [0.05, 0.1) is 0 Å². The summed E-state index contributed by atoms with van der Waals surface area (Å²) < 4.78 is 0. The topological polar surface area (TPSA) is 0 Å². The molecule has 0 heterocycles. The van der Waals surface area contributed by atoms with Crippen LogP contribution in [-0.4, -0.2) is 0 Å². The normalized spacial score (nSPS) is 14.9. The minimum atomic E-state index is 0.0543. The molecule has 110 valence electrons. The lowest BCUT2D eigenvalue weighted by molar-refractivity contribution is 0.662. The van der Waals surface area contributed by atoms with Crippen LogP contribution in [0.1, 0.15) is 25.0 Å². The van der Waals surface area contributed by atoms with Gasteiger partial charge < -0.3 is 0 Å². The van der Waals surface area contributed by atoms with Crippen molar-refractivity contribution in [2.75, 3.05) is 0 Å². The van der Waals surface area contributed by atoms with Gasteiger partial charge in [0.1, 0.15) is 0 Å². The molecule has 0 bridgehead atoms. The van der Waals surface area contributed by atoms with Crippen LogP contribution in [0.3, 0.4) is 0 Å². The SMILES string of the molecule is CC1(C)c2cc3ccccc3cc2-c2cc3ccccc3cc21. The van der Waals surface area contributed by atoms with E-state index in [-0.39, 0.29) is 5.41 Å². The summed E-state index contributed by atoms with van der Waals surface area (Å²) in [6.07, 6.45) is 0. The van der Waals surface area contributed by atoms with E-state index >= 15 is 0 Å². The van der Waals surface area contributed by atoms with Gasteiger partial charge in [-0.1, -0.05) is 62.4 Å². The minimum Gasteiger partial charge on any atom is -0.0616 e. The number of rotatable bonds is 0. The Bertz CT molecular complexity index is 996. The molecule has 0 unspecified atom stereocenters. The van der Waals surface area contributed by atoms with Gasteiger partial charge in [-0.05, 0) is 68.1 Å². The third-order valence-corrected chi connectivity index (χ3v) is 5.41. The van der Waals surface area contributed by atoms with Crippen LogP contribution in [0, 0.1) is 0 Å². The highest BCUT2D eigenvalue weighted by Crippen LogP contribution is 2.50. The van der Waals surface area contributed by atoms with Crippen LogP contribution < -0.4 is 0 Å². The lowest BCUT2D eigenvalue weighted by atomic mass is 9.81. The van der Waals surface area contributed by atoms with Crippen molar-refractivity contribution in [1.29, 1.82) is 0 Å². The summed E-state index contributed by atoms with van der Waals surface area (Å²) in [7, 11) is 0. The second-order valence-corrected chi connectivity index (χ2v) is 7.11. The zero-order valence-electron chi connectivity index (χ0n) is 13.4. The van der Waals surface area contributed by atoms with E-state index in [1.807, 2.05) is 0 Å². The van der Waals surface area contributed by atoms with E-state index in [4.69, 9.17) is 0 Å². The van der Waals surface area contributed by atoms with Gasteiger partial charge in [0.2, 0.25) is 0 Å². The minimum absolute atomic E-state index is 0.0543. The van der Waals surface area contributed by atoms with E-state index in [1.54, 1.807) is 0 Å². The highest BCUT2D eigenvalue weighted by atomic mass is 14.4. The van der Waals surface area contributed by atoms with Crippen molar-refractivity contribution in [3.8, 4) is 11.1 Å². The molecule has 0 amide bonds. The van der Waals surface area contributed by atoms with Gasteiger partial charge >= 0.3 is 0 Å². The molecule has 0 saturated heterocycles. The molecule has 0 nitrogen and oxygen atoms in total. The van der Waals surface area contributed by atoms with E-state index < -0.39 is 0 Å². The maximum atomic E-state index is 2.38. The Morgan fingerprint density at radius 2 is 0.870 bits per heavy atom. The molecule has 0 aromatic heterocycles. The standard InChI is InChI=1S/C23H18/c1-23(2)21-13-17-9-5-3-7-15(17)11-19(21)20-12-16-8-4-6-10-18(16)14-22(20)23/h3-14H,1-2H3. The molecular formula is C23H18. The Hall–Kier alpha value is -2.60. The molecule has 0 saturated carbocycles. The van der Waals surface area contributed by atoms with Gasteiger partial charge in [-0.25, -0.2) is 0 Å². The maximum absolute atomic E-state index is 2.38. The van der Waals surface area contributed by atoms with Crippen molar-refractivity contribution in [3.05, 3.63) is 83.9 Å². The monoisotopic (exact) mass is 294 g/mol. The summed E-state index contributed by atoms with van der Waals surface area (Å²) in [6, 6.07) is 26.8. The van der Waals surface area contributed by atoms with Crippen molar-refractivity contribution in [2.24, 2.45) is 0 Å². The first-order chi connectivity index (χ1) is 11.1. The zero-order chi connectivity index (χ0) is 15.6. The number of fused-ring (bicyclic) bond motifs is 5. The predicted molar refractivity (Wildman–Crippen MR) is 99.0 cm³/mol. The van der Waals surface area contributed by atoms with Crippen molar-refractivity contribution in [3.63, 3.8) is 0 Å². The summed E-state index contributed by atoms with van der Waals surface area (Å²) in [5.74, 6) is 0. The molecule has 0 N–H and O–H groups in total. The lowest BCUT2D eigenvalue weighted by Crippen LogP contribution is -2.14. The number of hydrogen-bond donors (Lipinski definition) is 0. The lowest BCUT2D eigenvalue weighted by Gasteiger charge is -2.22. The molecule has 1 aliphatic rings. The number of hydrogen-bond acceptors (Lipinski definition) is 0. The van der Waals surface area contributed by atoms with Crippen molar-refractivity contribution in [1.82, 2.24) is 0 Å². The first-order valence-electron chi connectivity index (χ1n) is 8.21. The van der Waals surface area contributed by atoms with E-state index in [0.29, 0.717) is 0 Å². The van der Waals surface area contributed by atoms with Gasteiger partial charge in [0, 0.05) is 5.41 Å². The molecule has 0 spiro atoms. The maximum Gasteiger partial charge on any atom is 0.0159 e. The second kappa shape index (κ2) is 4.23. The third kappa shape index (κ3) is 1.66. The van der Waals surface area contributed by atoms with Crippen molar-refractivity contribution in [2.45, 2.75) is 19.3 Å². The van der Waals surface area contributed by atoms with Gasteiger partial charge in [-0.15, -0.1) is 0 Å². The summed E-state index contributed by atoms with van der Waals surface area (Å²) >= 11 is 0. The van der Waals surface area contributed by atoms with Gasteiger partial charge in [-0.2, -0.15) is 0 Å². The van der Waals surface area contributed by atoms with Crippen LogP contribution in [0.2, 0.25) is 0 Å². The average molecular weight is 294 g/mol. The van der Waals surface area contributed by atoms with Crippen LogP contribution in [0.5, 0.6) is 0 Å². The van der Waals surface area contributed by atoms with Gasteiger partial charge in [0.15, 0.2) is 0 Å². The van der Waals surface area contributed by atoms with Gasteiger partial charge in [-0.3, -0.25) is 0 Å². The molecule has 4 aromatic rings. The Morgan fingerprint density at radius 3 is 1.26 bits per heavy atom. The second-order valence-electron chi connectivity index (χ2n) is 7.11. The average Bonchev–Trinajstić information content (AvgIpc) is 2.79. The molecule has 0 heteroatoms. The van der Waals surface area contributed by atoms with Crippen LogP contribution >= 0.6 is 0 Å². The Morgan fingerprint density at radius 1 is 0.522 bits per heavy atom. The zero-order valence-corrected chi connectivity index (χ0v) is 13.4. The fourth-order valence-electron chi connectivity index (χ4n) is 4.11.